The van der Waals surface area contributed by atoms with Gasteiger partial charge in [0.2, 0.25) is 5.91 Å². The first-order valence-corrected chi connectivity index (χ1v) is 11.0. The third-order valence-corrected chi connectivity index (χ3v) is 5.75. The number of methoxy groups -OCH3 is 1. The van der Waals surface area contributed by atoms with E-state index in [1.807, 2.05) is 49.4 Å². The summed E-state index contributed by atoms with van der Waals surface area (Å²) in [6.07, 6.45) is 6.12. The van der Waals surface area contributed by atoms with E-state index in [-0.39, 0.29) is 11.9 Å². The molecule has 1 aliphatic rings. The van der Waals surface area contributed by atoms with Gasteiger partial charge in [-0.25, -0.2) is 4.79 Å². The Hall–Kier alpha value is -3.28. The van der Waals surface area contributed by atoms with Crippen LogP contribution in [0.4, 0.5) is 0 Å². The number of esters is 1. The van der Waals surface area contributed by atoms with Crippen molar-refractivity contribution in [3.05, 3.63) is 65.2 Å². The molecule has 6 heteroatoms. The highest BCUT2D eigenvalue weighted by atomic mass is 16.5. The first kappa shape index (κ1) is 23.4. The number of nitrogens with one attached hydrogen (secondary N) is 1. The summed E-state index contributed by atoms with van der Waals surface area (Å²) in [7, 11) is 1.58. The molecular weight excluding hydrogens is 406 g/mol. The van der Waals surface area contributed by atoms with Gasteiger partial charge in [0.1, 0.15) is 12.1 Å². The maximum Gasteiger partial charge on any atom is 0.331 e. The molecule has 32 heavy (non-hydrogen) atoms. The second-order valence-electron chi connectivity index (χ2n) is 7.96. The molecule has 1 saturated carbocycles. The van der Waals surface area contributed by atoms with Crippen molar-refractivity contribution in [2.24, 2.45) is 0 Å². The van der Waals surface area contributed by atoms with Crippen LogP contribution in [-0.4, -0.2) is 31.1 Å². The average Bonchev–Trinajstić information content (AvgIpc) is 3.27. The van der Waals surface area contributed by atoms with Gasteiger partial charge in [0.25, 0.3) is 0 Å². The second kappa shape index (κ2) is 10.8. The van der Waals surface area contributed by atoms with Gasteiger partial charge in [-0.1, -0.05) is 43.2 Å². The zero-order valence-electron chi connectivity index (χ0n) is 19.0. The summed E-state index contributed by atoms with van der Waals surface area (Å²) in [4.78, 5) is 24.9. The first-order valence-electron chi connectivity index (χ1n) is 11.0. The van der Waals surface area contributed by atoms with Crippen molar-refractivity contribution in [3.8, 4) is 11.5 Å². The lowest BCUT2D eigenvalue weighted by atomic mass is 9.97. The first-order chi connectivity index (χ1) is 15.5. The quantitative estimate of drug-likeness (QED) is 0.459. The van der Waals surface area contributed by atoms with Gasteiger partial charge in [0.15, 0.2) is 11.5 Å². The molecule has 0 aromatic heterocycles. The van der Waals surface area contributed by atoms with Crippen molar-refractivity contribution >= 4 is 18.0 Å². The number of carbonyl (C=O) groups excluding carboxylic acids is 2. The van der Waals surface area contributed by atoms with Gasteiger partial charge in [-0.2, -0.15) is 0 Å². The number of benzene rings is 2. The van der Waals surface area contributed by atoms with Crippen LogP contribution in [0.3, 0.4) is 0 Å². The summed E-state index contributed by atoms with van der Waals surface area (Å²) in [5, 5.41) is 2.87. The Morgan fingerprint density at radius 1 is 1.09 bits per heavy atom. The Balaban J connectivity index is 1.65. The van der Waals surface area contributed by atoms with Gasteiger partial charge < -0.3 is 19.5 Å². The Bertz CT molecular complexity index is 976. The van der Waals surface area contributed by atoms with Crippen LogP contribution in [0.2, 0.25) is 0 Å². The molecule has 1 fully saturated rings. The molecule has 0 radical (unpaired) electrons. The van der Waals surface area contributed by atoms with E-state index >= 15 is 0 Å². The van der Waals surface area contributed by atoms with E-state index in [2.05, 4.69) is 5.32 Å². The molecule has 3 rings (SSSR count). The summed E-state index contributed by atoms with van der Waals surface area (Å²) in [5.74, 6) is 0.541. The van der Waals surface area contributed by atoms with E-state index in [4.69, 9.17) is 14.2 Å². The molecule has 2 aromatic carbocycles. The normalized spacial score (nSPS) is 14.8. The fourth-order valence-electron chi connectivity index (χ4n) is 3.91. The Kier molecular flexibility index (Phi) is 7.92. The number of ether oxygens (including phenoxy) is 3. The Morgan fingerprint density at radius 3 is 2.53 bits per heavy atom. The van der Waals surface area contributed by atoms with E-state index < -0.39 is 5.54 Å². The number of carbonyl (C=O) groups is 2. The van der Waals surface area contributed by atoms with Gasteiger partial charge in [-0.05, 0) is 61.6 Å². The predicted molar refractivity (Wildman–Crippen MR) is 124 cm³/mol. The van der Waals surface area contributed by atoms with Crippen molar-refractivity contribution in [2.45, 2.75) is 51.7 Å². The molecule has 0 aliphatic heterocycles. The number of hydrogen-bond donors (Lipinski definition) is 1. The lowest BCUT2D eigenvalue weighted by Gasteiger charge is -2.27. The summed E-state index contributed by atoms with van der Waals surface area (Å²) in [5.41, 5.74) is 2.15. The number of hydrogen-bond acceptors (Lipinski definition) is 5. The highest BCUT2D eigenvalue weighted by molar-refractivity contribution is 5.96. The maximum absolute atomic E-state index is 12.5. The molecule has 1 amide bonds. The van der Waals surface area contributed by atoms with Crippen LogP contribution >= 0.6 is 0 Å². The maximum atomic E-state index is 12.5. The molecule has 0 spiro atoms. The number of aryl methyl sites for hydroxylation is 1. The Labute approximate surface area is 189 Å². The zero-order chi connectivity index (χ0) is 23.0. The van der Waals surface area contributed by atoms with Crippen LogP contribution in [0.1, 0.15) is 49.3 Å². The summed E-state index contributed by atoms with van der Waals surface area (Å²) in [6, 6.07) is 13.6. The average molecular weight is 438 g/mol. The fraction of sp³-hybridized carbons (Fsp3) is 0.385. The summed E-state index contributed by atoms with van der Waals surface area (Å²) >= 11 is 0. The molecule has 0 heterocycles. The molecule has 1 N–H and O–H groups in total. The number of amides is 1. The lowest BCUT2D eigenvalue weighted by molar-refractivity contribution is -0.152. The highest BCUT2D eigenvalue weighted by Gasteiger charge is 2.43. The van der Waals surface area contributed by atoms with Gasteiger partial charge in [-0.15, -0.1) is 0 Å². The van der Waals surface area contributed by atoms with E-state index in [1.165, 1.54) is 11.6 Å². The summed E-state index contributed by atoms with van der Waals surface area (Å²) in [6.45, 7) is 4.55. The largest absolute Gasteiger partial charge is 0.493 e. The van der Waals surface area contributed by atoms with Crippen molar-refractivity contribution in [1.29, 1.82) is 0 Å². The van der Waals surface area contributed by atoms with Crippen LogP contribution in [0, 0.1) is 6.92 Å². The molecule has 0 bridgehead atoms. The van der Waals surface area contributed by atoms with Crippen LogP contribution in [0.15, 0.2) is 48.5 Å². The predicted octanol–water partition coefficient (Wildman–Crippen LogP) is 4.59. The van der Waals surface area contributed by atoms with E-state index in [1.54, 1.807) is 20.1 Å². The van der Waals surface area contributed by atoms with Crippen LogP contribution in [-0.2, 0) is 20.9 Å². The monoisotopic (exact) mass is 437 g/mol. The van der Waals surface area contributed by atoms with Gasteiger partial charge in [-0.3, -0.25) is 4.79 Å². The van der Waals surface area contributed by atoms with Crippen LogP contribution in [0.25, 0.3) is 6.08 Å². The molecule has 0 unspecified atom stereocenters. The van der Waals surface area contributed by atoms with Gasteiger partial charge in [0.05, 0.1) is 13.7 Å². The van der Waals surface area contributed by atoms with Crippen molar-refractivity contribution in [3.63, 3.8) is 0 Å². The van der Waals surface area contributed by atoms with Crippen molar-refractivity contribution in [2.75, 3.05) is 13.7 Å². The SMILES string of the molecule is CCOC(=O)C1(NC(=O)/C=C/c2ccc(OCc3ccccc3C)c(OC)c2)CCCC1. The highest BCUT2D eigenvalue weighted by Crippen LogP contribution is 2.32. The topological polar surface area (TPSA) is 73.9 Å². The smallest absolute Gasteiger partial charge is 0.331 e. The van der Waals surface area contributed by atoms with Gasteiger partial charge >= 0.3 is 5.97 Å². The molecule has 1 aliphatic carbocycles. The zero-order valence-corrected chi connectivity index (χ0v) is 19.0. The second-order valence-corrected chi connectivity index (χ2v) is 7.96. The third-order valence-electron chi connectivity index (χ3n) is 5.75. The van der Waals surface area contributed by atoms with E-state index in [0.29, 0.717) is 37.6 Å². The Morgan fingerprint density at radius 2 is 1.84 bits per heavy atom. The molecule has 2 aromatic rings. The van der Waals surface area contributed by atoms with Crippen LogP contribution in [0.5, 0.6) is 11.5 Å². The molecule has 170 valence electrons. The fourth-order valence-corrected chi connectivity index (χ4v) is 3.91. The van der Waals surface area contributed by atoms with Gasteiger partial charge in [0, 0.05) is 6.08 Å². The minimum Gasteiger partial charge on any atom is -0.493 e. The standard InChI is InChI=1S/C26H31NO5/c1-4-31-25(29)26(15-7-8-16-26)27-24(28)14-12-20-11-13-22(23(17-20)30-3)32-18-21-10-6-5-9-19(21)2/h5-6,9-14,17H,4,7-8,15-16,18H2,1-3H3,(H,27,28)/b14-12+. The lowest BCUT2D eigenvalue weighted by Crippen LogP contribution is -2.52. The molecule has 0 saturated heterocycles. The van der Waals surface area contributed by atoms with E-state index in [9.17, 15) is 9.59 Å². The van der Waals surface area contributed by atoms with E-state index in [0.717, 1.165) is 24.0 Å². The van der Waals surface area contributed by atoms with Crippen molar-refractivity contribution < 1.29 is 23.8 Å². The minimum absolute atomic E-state index is 0.296. The molecular formula is C26H31NO5. The number of rotatable bonds is 9. The molecule has 6 nitrogen and oxygen atoms in total. The summed E-state index contributed by atoms with van der Waals surface area (Å²) < 4.78 is 16.6. The molecule has 0 atom stereocenters. The van der Waals surface area contributed by atoms with Crippen molar-refractivity contribution in [1.82, 2.24) is 5.32 Å². The minimum atomic E-state index is -0.914. The third kappa shape index (κ3) is 5.69. The van der Waals surface area contributed by atoms with Crippen LogP contribution < -0.4 is 14.8 Å².